The van der Waals surface area contributed by atoms with Crippen LogP contribution in [0, 0.1) is 0 Å². The highest BCUT2D eigenvalue weighted by atomic mass is 35.5. The Hall–Kier alpha value is -1.60. The minimum atomic E-state index is -0.470. The summed E-state index contributed by atoms with van der Waals surface area (Å²) in [5, 5.41) is 5.09. The number of hydrogen-bond donors (Lipinski definition) is 0. The van der Waals surface area contributed by atoms with Gasteiger partial charge >= 0.3 is 0 Å². The molecule has 0 aliphatic rings. The van der Waals surface area contributed by atoms with Gasteiger partial charge in [-0.05, 0) is 12.1 Å². The van der Waals surface area contributed by atoms with Crippen LogP contribution in [0.4, 0.5) is 4.39 Å². The Labute approximate surface area is 123 Å². The molecule has 0 unspecified atom stereocenters. The first kappa shape index (κ1) is 13.4. The number of alkyl halides is 1. The van der Waals surface area contributed by atoms with E-state index >= 15 is 0 Å². The van der Waals surface area contributed by atoms with Gasteiger partial charge in [-0.15, -0.1) is 0 Å². The number of oxazole rings is 1. The van der Waals surface area contributed by atoms with Gasteiger partial charge in [0, 0.05) is 11.1 Å². The lowest BCUT2D eigenvalue weighted by Crippen LogP contribution is -2.06. The number of hydrogen-bond acceptors (Lipinski definition) is 5. The maximum Gasteiger partial charge on any atom is 0.257 e. The van der Waals surface area contributed by atoms with Crippen molar-refractivity contribution in [1.82, 2.24) is 19.7 Å². The van der Waals surface area contributed by atoms with E-state index in [0.29, 0.717) is 27.4 Å². The molecule has 0 saturated heterocycles. The fourth-order valence-corrected chi connectivity index (χ4v) is 2.68. The number of nitrogens with zero attached hydrogens (tertiary/aromatic N) is 4. The first-order valence-electron chi connectivity index (χ1n) is 5.88. The Morgan fingerprint density at radius 1 is 1.40 bits per heavy atom. The number of benzene rings is 1. The van der Waals surface area contributed by atoms with Crippen molar-refractivity contribution in [3.05, 3.63) is 35.4 Å². The SMILES string of the molecule is FCCn1ncnc1CSc1nc2ccc(Cl)cc2o1. The molecular weight excluding hydrogens is 303 g/mol. The summed E-state index contributed by atoms with van der Waals surface area (Å²) in [5.41, 5.74) is 1.40. The predicted molar refractivity (Wildman–Crippen MR) is 74.6 cm³/mol. The molecule has 3 rings (SSSR count). The Morgan fingerprint density at radius 3 is 3.15 bits per heavy atom. The predicted octanol–water partition coefficient (Wildman–Crippen LogP) is 3.33. The highest BCUT2D eigenvalue weighted by Crippen LogP contribution is 2.27. The second kappa shape index (κ2) is 5.80. The lowest BCUT2D eigenvalue weighted by Gasteiger charge is -2.00. The molecular formula is C12H10ClFN4OS. The molecule has 2 heterocycles. The highest BCUT2D eigenvalue weighted by molar-refractivity contribution is 7.98. The van der Waals surface area contributed by atoms with E-state index in [2.05, 4.69) is 15.1 Å². The average molecular weight is 313 g/mol. The van der Waals surface area contributed by atoms with Crippen molar-refractivity contribution in [3.63, 3.8) is 0 Å². The van der Waals surface area contributed by atoms with Crippen LogP contribution >= 0.6 is 23.4 Å². The fourth-order valence-electron chi connectivity index (χ4n) is 1.73. The number of aryl methyl sites for hydroxylation is 1. The van der Waals surface area contributed by atoms with Crippen molar-refractivity contribution in [3.8, 4) is 0 Å². The molecule has 104 valence electrons. The van der Waals surface area contributed by atoms with Crippen molar-refractivity contribution >= 4 is 34.5 Å². The molecule has 0 aliphatic heterocycles. The van der Waals surface area contributed by atoms with E-state index in [1.54, 1.807) is 18.2 Å². The summed E-state index contributed by atoms with van der Waals surface area (Å²) in [6.45, 7) is -0.262. The zero-order chi connectivity index (χ0) is 13.9. The summed E-state index contributed by atoms with van der Waals surface area (Å²) >= 11 is 7.27. The number of thioether (sulfide) groups is 1. The van der Waals surface area contributed by atoms with Crippen molar-refractivity contribution in [2.75, 3.05) is 6.67 Å². The van der Waals surface area contributed by atoms with Crippen LogP contribution in [0.1, 0.15) is 5.82 Å². The summed E-state index contributed by atoms with van der Waals surface area (Å²) in [6, 6.07) is 5.29. The van der Waals surface area contributed by atoms with E-state index in [1.165, 1.54) is 22.8 Å². The lowest BCUT2D eigenvalue weighted by atomic mass is 10.3. The second-order valence-corrected chi connectivity index (χ2v) is 5.33. The minimum absolute atomic E-state index is 0.207. The van der Waals surface area contributed by atoms with Gasteiger partial charge in [-0.2, -0.15) is 5.10 Å². The molecule has 0 saturated carbocycles. The van der Waals surface area contributed by atoms with Crippen LogP contribution in [0.5, 0.6) is 0 Å². The molecule has 0 amide bonds. The summed E-state index contributed by atoms with van der Waals surface area (Å²) in [6.07, 6.45) is 1.41. The molecule has 5 nitrogen and oxygen atoms in total. The molecule has 2 aromatic heterocycles. The van der Waals surface area contributed by atoms with Crippen LogP contribution in [-0.2, 0) is 12.3 Å². The van der Waals surface area contributed by atoms with E-state index in [-0.39, 0.29) is 6.54 Å². The normalized spacial score (nSPS) is 11.3. The van der Waals surface area contributed by atoms with Crippen molar-refractivity contribution in [2.24, 2.45) is 0 Å². The maximum atomic E-state index is 12.3. The van der Waals surface area contributed by atoms with Gasteiger partial charge in [0.25, 0.3) is 5.22 Å². The number of halogens is 2. The Morgan fingerprint density at radius 2 is 2.30 bits per heavy atom. The summed E-state index contributed by atoms with van der Waals surface area (Å²) in [7, 11) is 0. The van der Waals surface area contributed by atoms with Gasteiger partial charge in [0.15, 0.2) is 5.58 Å². The van der Waals surface area contributed by atoms with Crippen molar-refractivity contribution in [2.45, 2.75) is 17.5 Å². The third-order valence-corrected chi connectivity index (χ3v) is 3.71. The van der Waals surface area contributed by atoms with Gasteiger partial charge in [0.2, 0.25) is 0 Å². The first-order chi connectivity index (χ1) is 9.76. The molecule has 1 aromatic carbocycles. The first-order valence-corrected chi connectivity index (χ1v) is 7.24. The van der Waals surface area contributed by atoms with Gasteiger partial charge < -0.3 is 4.42 Å². The van der Waals surface area contributed by atoms with Crippen LogP contribution in [0.15, 0.2) is 34.2 Å². The van der Waals surface area contributed by atoms with Gasteiger partial charge in [-0.3, -0.25) is 0 Å². The summed E-state index contributed by atoms with van der Waals surface area (Å²) in [5.74, 6) is 1.20. The Bertz CT molecular complexity index is 729. The minimum Gasteiger partial charge on any atom is -0.431 e. The largest absolute Gasteiger partial charge is 0.431 e. The number of aromatic nitrogens is 4. The third kappa shape index (κ3) is 2.78. The molecule has 0 spiro atoms. The smallest absolute Gasteiger partial charge is 0.257 e. The van der Waals surface area contributed by atoms with Crippen LogP contribution < -0.4 is 0 Å². The fraction of sp³-hybridized carbons (Fsp3) is 0.250. The monoisotopic (exact) mass is 312 g/mol. The topological polar surface area (TPSA) is 56.7 Å². The molecule has 0 N–H and O–H groups in total. The van der Waals surface area contributed by atoms with Crippen LogP contribution in [0.3, 0.4) is 0 Å². The van der Waals surface area contributed by atoms with E-state index in [4.69, 9.17) is 16.0 Å². The van der Waals surface area contributed by atoms with E-state index in [0.717, 1.165) is 5.52 Å². The van der Waals surface area contributed by atoms with Gasteiger partial charge in [-0.1, -0.05) is 23.4 Å². The average Bonchev–Trinajstić information content (AvgIpc) is 3.02. The molecule has 0 aliphatic carbocycles. The van der Waals surface area contributed by atoms with E-state index in [9.17, 15) is 4.39 Å². The highest BCUT2D eigenvalue weighted by Gasteiger charge is 2.10. The van der Waals surface area contributed by atoms with Gasteiger partial charge in [0.05, 0.1) is 12.3 Å². The Kier molecular flexibility index (Phi) is 3.88. The standard InChI is InChI=1S/C12H10ClFN4OS/c13-8-1-2-9-10(5-8)19-12(17-9)20-6-11-15-7-16-18(11)4-3-14/h1-2,5,7H,3-4,6H2. The second-order valence-electron chi connectivity index (χ2n) is 3.97. The van der Waals surface area contributed by atoms with Crippen LogP contribution in [0.25, 0.3) is 11.1 Å². The van der Waals surface area contributed by atoms with E-state index < -0.39 is 6.67 Å². The molecule has 0 atom stereocenters. The molecule has 0 bridgehead atoms. The zero-order valence-corrected chi connectivity index (χ0v) is 11.9. The molecule has 0 fully saturated rings. The Balaban J connectivity index is 1.74. The zero-order valence-electron chi connectivity index (χ0n) is 10.3. The third-order valence-electron chi connectivity index (χ3n) is 2.65. The van der Waals surface area contributed by atoms with Crippen LogP contribution in [0.2, 0.25) is 5.02 Å². The quantitative estimate of drug-likeness (QED) is 0.676. The van der Waals surface area contributed by atoms with Crippen molar-refractivity contribution in [1.29, 1.82) is 0 Å². The number of fused-ring (bicyclic) bond motifs is 1. The lowest BCUT2D eigenvalue weighted by molar-refractivity contribution is 0.421. The molecule has 3 aromatic rings. The molecule has 0 radical (unpaired) electrons. The van der Waals surface area contributed by atoms with Gasteiger partial charge in [-0.25, -0.2) is 19.0 Å². The molecule has 8 heteroatoms. The van der Waals surface area contributed by atoms with Crippen molar-refractivity contribution < 1.29 is 8.81 Å². The summed E-state index contributed by atoms with van der Waals surface area (Å²) < 4.78 is 19.5. The maximum absolute atomic E-state index is 12.3. The number of rotatable bonds is 5. The van der Waals surface area contributed by atoms with E-state index in [1.807, 2.05) is 0 Å². The summed E-state index contributed by atoms with van der Waals surface area (Å²) in [4.78, 5) is 8.43. The molecule has 20 heavy (non-hydrogen) atoms. The van der Waals surface area contributed by atoms with Gasteiger partial charge in [0.1, 0.15) is 24.3 Å². The van der Waals surface area contributed by atoms with Crippen LogP contribution in [-0.4, -0.2) is 26.4 Å².